The second-order valence-electron chi connectivity index (χ2n) is 4.25. The molecule has 1 aromatic carbocycles. The zero-order valence-electron chi connectivity index (χ0n) is 10.8. The quantitative estimate of drug-likeness (QED) is 0.411. The predicted molar refractivity (Wildman–Crippen MR) is 71.7 cm³/mol. The molecule has 0 saturated carbocycles. The zero-order chi connectivity index (χ0) is 14.8. The largest absolute Gasteiger partial charge is 0.458 e. The van der Waals surface area contributed by atoms with Crippen molar-refractivity contribution in [1.82, 2.24) is 20.2 Å². The van der Waals surface area contributed by atoms with Crippen LogP contribution in [0.3, 0.4) is 0 Å². The maximum absolute atomic E-state index is 12.0. The van der Waals surface area contributed by atoms with Crippen LogP contribution in [0.25, 0.3) is 11.0 Å². The Morgan fingerprint density at radius 3 is 3.00 bits per heavy atom. The summed E-state index contributed by atoms with van der Waals surface area (Å²) in [7, 11) is 0. The third-order valence-electron chi connectivity index (χ3n) is 2.97. The van der Waals surface area contributed by atoms with E-state index in [1.807, 2.05) is 12.1 Å². The lowest BCUT2D eigenvalue weighted by Gasteiger charge is -2.01. The van der Waals surface area contributed by atoms with Crippen molar-refractivity contribution in [1.29, 1.82) is 5.26 Å². The fourth-order valence-corrected chi connectivity index (χ4v) is 2.10. The van der Waals surface area contributed by atoms with Crippen LogP contribution in [0.4, 0.5) is 0 Å². The van der Waals surface area contributed by atoms with Crippen LogP contribution in [0.2, 0.25) is 0 Å². The lowest BCUT2D eigenvalue weighted by molar-refractivity contribution is 0.0953. The molecule has 3 N–H and O–H groups in total. The molecule has 3 rings (SSSR count). The number of fused-ring (bicyclic) bond motifs is 1. The molecule has 0 spiro atoms. The minimum atomic E-state index is -0.449. The Balaban J connectivity index is 2.08. The molecule has 0 unspecified atom stereocenters. The standard InChI is InChI=1S/C13H10N6O2/c14-5-11-16-7-19(18-11)6-10-12(13(20)17-15)8-3-1-2-4-9(8)21-10/h1-4,7H,6,15H2,(H,17,20). The molecular weight excluding hydrogens is 272 g/mol. The Morgan fingerprint density at radius 2 is 2.29 bits per heavy atom. The van der Waals surface area contributed by atoms with E-state index in [1.54, 1.807) is 18.2 Å². The molecule has 2 aromatic heterocycles. The molecule has 3 aromatic rings. The summed E-state index contributed by atoms with van der Waals surface area (Å²) in [6, 6.07) is 8.98. The average molecular weight is 282 g/mol. The normalized spacial score (nSPS) is 10.5. The van der Waals surface area contributed by atoms with E-state index in [2.05, 4.69) is 15.5 Å². The number of carbonyl (C=O) groups excluding carboxylic acids is 1. The first kappa shape index (κ1) is 12.8. The van der Waals surface area contributed by atoms with Gasteiger partial charge in [0.2, 0.25) is 0 Å². The van der Waals surface area contributed by atoms with E-state index < -0.39 is 5.91 Å². The van der Waals surface area contributed by atoms with E-state index >= 15 is 0 Å². The number of aromatic nitrogens is 3. The molecule has 0 aliphatic rings. The van der Waals surface area contributed by atoms with Crippen molar-refractivity contribution in [2.24, 2.45) is 5.84 Å². The summed E-state index contributed by atoms with van der Waals surface area (Å²) in [5, 5.41) is 13.3. The number of amides is 1. The van der Waals surface area contributed by atoms with Crippen LogP contribution < -0.4 is 11.3 Å². The van der Waals surface area contributed by atoms with Crippen LogP contribution in [0.1, 0.15) is 21.9 Å². The highest BCUT2D eigenvalue weighted by atomic mass is 16.3. The van der Waals surface area contributed by atoms with E-state index in [0.717, 1.165) is 0 Å². The van der Waals surface area contributed by atoms with Crippen molar-refractivity contribution in [2.75, 3.05) is 0 Å². The van der Waals surface area contributed by atoms with E-state index in [4.69, 9.17) is 15.5 Å². The number of nitrogens with two attached hydrogens (primary N) is 1. The van der Waals surface area contributed by atoms with Crippen molar-refractivity contribution in [2.45, 2.75) is 6.54 Å². The number of hydrogen-bond donors (Lipinski definition) is 2. The molecule has 21 heavy (non-hydrogen) atoms. The number of rotatable bonds is 3. The van der Waals surface area contributed by atoms with Crippen molar-refractivity contribution in [3.8, 4) is 6.07 Å². The molecule has 2 heterocycles. The van der Waals surface area contributed by atoms with Gasteiger partial charge in [0.05, 0.1) is 5.56 Å². The highest BCUT2D eigenvalue weighted by Crippen LogP contribution is 2.26. The summed E-state index contributed by atoms with van der Waals surface area (Å²) in [6.07, 6.45) is 1.40. The predicted octanol–water partition coefficient (Wildman–Crippen LogP) is 0.548. The number of para-hydroxylation sites is 1. The molecule has 0 saturated heterocycles. The second-order valence-corrected chi connectivity index (χ2v) is 4.25. The summed E-state index contributed by atoms with van der Waals surface area (Å²) in [5.41, 5.74) is 3.03. The molecule has 8 nitrogen and oxygen atoms in total. The van der Waals surface area contributed by atoms with Gasteiger partial charge in [0.15, 0.2) is 0 Å². The first-order valence-electron chi connectivity index (χ1n) is 6.04. The van der Waals surface area contributed by atoms with Gasteiger partial charge in [-0.05, 0) is 6.07 Å². The Kier molecular flexibility index (Phi) is 3.10. The average Bonchev–Trinajstić information content (AvgIpc) is 3.10. The lowest BCUT2D eigenvalue weighted by Crippen LogP contribution is -2.30. The topological polar surface area (TPSA) is 123 Å². The molecular formula is C13H10N6O2. The molecule has 0 aliphatic carbocycles. The van der Waals surface area contributed by atoms with Gasteiger partial charge in [0.1, 0.15) is 30.3 Å². The summed E-state index contributed by atoms with van der Waals surface area (Å²) in [5.74, 6) is 5.22. The van der Waals surface area contributed by atoms with Crippen LogP contribution in [-0.2, 0) is 6.54 Å². The molecule has 1 amide bonds. The number of carbonyl (C=O) groups is 1. The van der Waals surface area contributed by atoms with Crippen LogP contribution in [-0.4, -0.2) is 20.7 Å². The third-order valence-corrected chi connectivity index (χ3v) is 2.97. The number of benzene rings is 1. The van der Waals surface area contributed by atoms with E-state index in [-0.39, 0.29) is 12.4 Å². The fraction of sp³-hybridized carbons (Fsp3) is 0.0769. The second kappa shape index (κ2) is 5.07. The Labute approximate surface area is 118 Å². The first-order chi connectivity index (χ1) is 10.2. The van der Waals surface area contributed by atoms with Gasteiger partial charge >= 0.3 is 0 Å². The molecule has 0 radical (unpaired) electrons. The molecule has 8 heteroatoms. The van der Waals surface area contributed by atoms with Crippen molar-refractivity contribution >= 4 is 16.9 Å². The first-order valence-corrected chi connectivity index (χ1v) is 6.04. The van der Waals surface area contributed by atoms with Gasteiger partial charge in [0.25, 0.3) is 11.7 Å². The number of nitrogens with one attached hydrogen (secondary N) is 1. The lowest BCUT2D eigenvalue weighted by atomic mass is 10.1. The summed E-state index contributed by atoms with van der Waals surface area (Å²) < 4.78 is 7.10. The maximum Gasteiger partial charge on any atom is 0.269 e. The van der Waals surface area contributed by atoms with Crippen LogP contribution >= 0.6 is 0 Å². The van der Waals surface area contributed by atoms with Gasteiger partial charge in [-0.15, -0.1) is 5.10 Å². The SMILES string of the molecule is N#Cc1ncn(Cc2oc3ccccc3c2C(=O)NN)n1. The van der Waals surface area contributed by atoms with Gasteiger partial charge in [-0.25, -0.2) is 15.5 Å². The van der Waals surface area contributed by atoms with Crippen molar-refractivity contribution < 1.29 is 9.21 Å². The monoisotopic (exact) mass is 282 g/mol. The van der Waals surface area contributed by atoms with E-state index in [1.165, 1.54) is 11.0 Å². The maximum atomic E-state index is 12.0. The summed E-state index contributed by atoms with van der Waals surface area (Å²) >= 11 is 0. The number of nitrogens with zero attached hydrogens (tertiary/aromatic N) is 4. The summed E-state index contributed by atoms with van der Waals surface area (Å²) in [4.78, 5) is 15.8. The van der Waals surface area contributed by atoms with Gasteiger partial charge in [-0.3, -0.25) is 10.2 Å². The number of hydrogen-bond acceptors (Lipinski definition) is 6. The van der Waals surface area contributed by atoms with Gasteiger partial charge < -0.3 is 4.42 Å². The van der Waals surface area contributed by atoms with E-state index in [0.29, 0.717) is 22.3 Å². The van der Waals surface area contributed by atoms with Crippen molar-refractivity contribution in [3.63, 3.8) is 0 Å². The Bertz CT molecular complexity index is 857. The Hall–Kier alpha value is -3.18. The third kappa shape index (κ3) is 2.22. The van der Waals surface area contributed by atoms with E-state index in [9.17, 15) is 4.79 Å². The minimum Gasteiger partial charge on any atom is -0.458 e. The van der Waals surface area contributed by atoms with Gasteiger partial charge in [-0.1, -0.05) is 18.2 Å². The molecule has 0 fully saturated rings. The molecule has 0 bridgehead atoms. The number of hydrazine groups is 1. The fourth-order valence-electron chi connectivity index (χ4n) is 2.10. The number of nitriles is 1. The van der Waals surface area contributed by atoms with Crippen LogP contribution in [0, 0.1) is 11.3 Å². The molecule has 0 aliphatic heterocycles. The molecule has 104 valence electrons. The van der Waals surface area contributed by atoms with Crippen molar-refractivity contribution in [3.05, 3.63) is 47.7 Å². The zero-order valence-corrected chi connectivity index (χ0v) is 10.8. The minimum absolute atomic E-state index is 0.0518. The molecule has 0 atom stereocenters. The highest BCUT2D eigenvalue weighted by Gasteiger charge is 2.20. The number of furan rings is 1. The van der Waals surface area contributed by atoms with Crippen LogP contribution in [0.5, 0.6) is 0 Å². The smallest absolute Gasteiger partial charge is 0.269 e. The highest BCUT2D eigenvalue weighted by molar-refractivity contribution is 6.07. The van der Waals surface area contributed by atoms with Gasteiger partial charge in [-0.2, -0.15) is 5.26 Å². The van der Waals surface area contributed by atoms with Gasteiger partial charge in [0, 0.05) is 5.39 Å². The Morgan fingerprint density at radius 1 is 1.48 bits per heavy atom. The summed E-state index contributed by atoms with van der Waals surface area (Å²) in [6.45, 7) is 0.173. The van der Waals surface area contributed by atoms with Crippen LogP contribution in [0.15, 0.2) is 35.0 Å². The number of nitrogen functional groups attached to an aromatic ring is 1.